The number of hydrogen-bond acceptors (Lipinski definition) is 2. The van der Waals surface area contributed by atoms with Crippen LogP contribution in [0.4, 0.5) is 10.1 Å². The Balaban J connectivity index is 2.01. The number of halogens is 2. The summed E-state index contributed by atoms with van der Waals surface area (Å²) in [5.41, 5.74) is 0.127. The smallest absolute Gasteiger partial charge is 0.265 e. The van der Waals surface area contributed by atoms with E-state index in [0.29, 0.717) is 10.2 Å². The number of amides is 1. The van der Waals surface area contributed by atoms with E-state index in [0.717, 1.165) is 0 Å². The number of carbonyl (C=O) groups is 1. The number of anilines is 1. The van der Waals surface area contributed by atoms with Crippen LogP contribution in [0.3, 0.4) is 0 Å². The highest BCUT2D eigenvalue weighted by Gasteiger charge is 2.16. The maximum atomic E-state index is 13.6. The van der Waals surface area contributed by atoms with Crippen molar-refractivity contribution in [3.05, 3.63) is 58.8 Å². The first-order valence-corrected chi connectivity index (χ1v) is 6.83. The molecule has 1 atom stereocenters. The highest BCUT2D eigenvalue weighted by Crippen LogP contribution is 2.20. The molecule has 0 unspecified atom stereocenters. The van der Waals surface area contributed by atoms with Gasteiger partial charge < -0.3 is 10.1 Å². The van der Waals surface area contributed by atoms with Gasteiger partial charge in [-0.3, -0.25) is 4.79 Å². The van der Waals surface area contributed by atoms with Gasteiger partial charge in [0.05, 0.1) is 5.69 Å². The van der Waals surface area contributed by atoms with Crippen LogP contribution in [0, 0.1) is 5.82 Å². The Bertz CT molecular complexity index is 604. The molecule has 0 saturated carbocycles. The molecule has 20 heavy (non-hydrogen) atoms. The fourth-order valence-corrected chi connectivity index (χ4v) is 1.92. The highest BCUT2D eigenvalue weighted by atomic mass is 79.9. The third-order valence-corrected chi connectivity index (χ3v) is 3.11. The predicted octanol–water partition coefficient (Wildman–Crippen LogP) is 3.99. The van der Waals surface area contributed by atoms with Gasteiger partial charge in [0.15, 0.2) is 6.10 Å². The van der Waals surface area contributed by atoms with Crippen LogP contribution in [0.2, 0.25) is 0 Å². The van der Waals surface area contributed by atoms with E-state index in [2.05, 4.69) is 21.2 Å². The second-order valence-electron chi connectivity index (χ2n) is 4.19. The first-order valence-electron chi connectivity index (χ1n) is 6.04. The molecule has 0 spiro atoms. The molecule has 0 aliphatic carbocycles. The lowest BCUT2D eigenvalue weighted by molar-refractivity contribution is -0.122. The SMILES string of the molecule is C[C@H](Oc1ccccc1)C(=O)Nc1ccc(Br)cc1F. The Hall–Kier alpha value is -1.88. The van der Waals surface area contributed by atoms with Crippen LogP contribution in [0.1, 0.15) is 6.92 Å². The maximum absolute atomic E-state index is 13.6. The van der Waals surface area contributed by atoms with Crippen LogP contribution in [0.15, 0.2) is 53.0 Å². The summed E-state index contributed by atoms with van der Waals surface area (Å²) < 4.78 is 19.7. The Kier molecular flexibility index (Phi) is 4.74. The lowest BCUT2D eigenvalue weighted by Crippen LogP contribution is -2.30. The Morgan fingerprint density at radius 2 is 1.95 bits per heavy atom. The molecule has 0 heterocycles. The zero-order valence-corrected chi connectivity index (χ0v) is 12.4. The zero-order chi connectivity index (χ0) is 14.5. The first kappa shape index (κ1) is 14.5. The Morgan fingerprint density at radius 1 is 1.25 bits per heavy atom. The van der Waals surface area contributed by atoms with E-state index in [1.807, 2.05) is 18.2 Å². The molecule has 3 nitrogen and oxygen atoms in total. The summed E-state index contributed by atoms with van der Waals surface area (Å²) >= 11 is 3.16. The van der Waals surface area contributed by atoms with E-state index in [9.17, 15) is 9.18 Å². The summed E-state index contributed by atoms with van der Waals surface area (Å²) in [4.78, 5) is 11.9. The fraction of sp³-hybridized carbons (Fsp3) is 0.133. The van der Waals surface area contributed by atoms with Crippen molar-refractivity contribution >= 4 is 27.5 Å². The minimum absolute atomic E-state index is 0.127. The van der Waals surface area contributed by atoms with Crippen molar-refractivity contribution < 1.29 is 13.9 Å². The minimum Gasteiger partial charge on any atom is -0.481 e. The number of para-hydroxylation sites is 1. The number of hydrogen-bond donors (Lipinski definition) is 1. The van der Waals surface area contributed by atoms with E-state index in [1.54, 1.807) is 25.1 Å². The van der Waals surface area contributed by atoms with Crippen molar-refractivity contribution in [3.8, 4) is 5.75 Å². The van der Waals surface area contributed by atoms with Crippen molar-refractivity contribution in [2.45, 2.75) is 13.0 Å². The molecule has 5 heteroatoms. The average Bonchev–Trinajstić information content (AvgIpc) is 2.43. The molecule has 0 fully saturated rings. The Morgan fingerprint density at radius 3 is 2.60 bits per heavy atom. The molecule has 1 amide bonds. The molecule has 0 saturated heterocycles. The number of carbonyl (C=O) groups excluding carboxylic acids is 1. The van der Waals surface area contributed by atoms with Crippen LogP contribution in [0.25, 0.3) is 0 Å². The number of benzene rings is 2. The summed E-state index contributed by atoms with van der Waals surface area (Å²) in [6, 6.07) is 13.4. The molecule has 104 valence electrons. The lowest BCUT2D eigenvalue weighted by atomic mass is 10.3. The maximum Gasteiger partial charge on any atom is 0.265 e. The van der Waals surface area contributed by atoms with Gasteiger partial charge in [-0.2, -0.15) is 0 Å². The van der Waals surface area contributed by atoms with Gasteiger partial charge in [0.25, 0.3) is 5.91 Å². The van der Waals surface area contributed by atoms with E-state index in [1.165, 1.54) is 12.1 Å². The fourth-order valence-electron chi connectivity index (χ4n) is 1.58. The van der Waals surface area contributed by atoms with Crippen molar-refractivity contribution in [1.82, 2.24) is 0 Å². The summed E-state index contributed by atoms with van der Waals surface area (Å²) in [6.07, 6.45) is -0.722. The summed E-state index contributed by atoms with van der Waals surface area (Å²) in [7, 11) is 0. The molecule has 0 bridgehead atoms. The lowest BCUT2D eigenvalue weighted by Gasteiger charge is -2.15. The molecule has 0 aromatic heterocycles. The zero-order valence-electron chi connectivity index (χ0n) is 10.8. The molecule has 0 radical (unpaired) electrons. The molecule has 2 rings (SSSR count). The molecule has 1 N–H and O–H groups in total. The number of ether oxygens (including phenoxy) is 1. The van der Waals surface area contributed by atoms with Crippen LogP contribution in [-0.2, 0) is 4.79 Å². The second-order valence-corrected chi connectivity index (χ2v) is 5.10. The number of rotatable bonds is 4. The van der Waals surface area contributed by atoms with Crippen LogP contribution < -0.4 is 10.1 Å². The van der Waals surface area contributed by atoms with E-state index in [-0.39, 0.29) is 5.69 Å². The van der Waals surface area contributed by atoms with Crippen LogP contribution >= 0.6 is 15.9 Å². The largest absolute Gasteiger partial charge is 0.481 e. The topological polar surface area (TPSA) is 38.3 Å². The third-order valence-electron chi connectivity index (χ3n) is 2.61. The highest BCUT2D eigenvalue weighted by molar-refractivity contribution is 9.10. The summed E-state index contributed by atoms with van der Waals surface area (Å²) in [5, 5.41) is 2.50. The van der Waals surface area contributed by atoms with Gasteiger partial charge in [0, 0.05) is 4.47 Å². The molecule has 2 aromatic rings. The van der Waals surface area contributed by atoms with Gasteiger partial charge in [-0.05, 0) is 37.3 Å². The Labute approximate surface area is 124 Å². The third kappa shape index (κ3) is 3.81. The van der Waals surface area contributed by atoms with Crippen LogP contribution in [-0.4, -0.2) is 12.0 Å². The molecule has 2 aromatic carbocycles. The van der Waals surface area contributed by atoms with Gasteiger partial charge in [-0.1, -0.05) is 34.1 Å². The monoisotopic (exact) mass is 337 g/mol. The van der Waals surface area contributed by atoms with E-state index < -0.39 is 17.8 Å². The first-order chi connectivity index (χ1) is 9.56. The van der Waals surface area contributed by atoms with Crippen LogP contribution in [0.5, 0.6) is 5.75 Å². The van der Waals surface area contributed by atoms with E-state index >= 15 is 0 Å². The van der Waals surface area contributed by atoms with Gasteiger partial charge in [0.2, 0.25) is 0 Å². The normalized spacial score (nSPS) is 11.8. The molecule has 0 aliphatic heterocycles. The number of nitrogens with one attached hydrogen (secondary N) is 1. The van der Waals surface area contributed by atoms with Gasteiger partial charge in [-0.25, -0.2) is 4.39 Å². The average molecular weight is 338 g/mol. The molecular formula is C15H13BrFNO2. The predicted molar refractivity (Wildman–Crippen MR) is 79.3 cm³/mol. The minimum atomic E-state index is -0.722. The molecule has 0 aliphatic rings. The van der Waals surface area contributed by atoms with Crippen molar-refractivity contribution in [2.24, 2.45) is 0 Å². The van der Waals surface area contributed by atoms with Gasteiger partial charge in [-0.15, -0.1) is 0 Å². The second kappa shape index (κ2) is 6.52. The quantitative estimate of drug-likeness (QED) is 0.915. The van der Waals surface area contributed by atoms with E-state index in [4.69, 9.17) is 4.74 Å². The summed E-state index contributed by atoms with van der Waals surface area (Å²) in [5.74, 6) is -0.318. The van der Waals surface area contributed by atoms with Crippen molar-refractivity contribution in [1.29, 1.82) is 0 Å². The summed E-state index contributed by atoms with van der Waals surface area (Å²) in [6.45, 7) is 1.61. The standard InChI is InChI=1S/C15H13BrFNO2/c1-10(20-12-5-3-2-4-6-12)15(19)18-14-8-7-11(16)9-13(14)17/h2-10H,1H3,(H,18,19)/t10-/m0/s1. The molecular weight excluding hydrogens is 325 g/mol. The van der Waals surface area contributed by atoms with Gasteiger partial charge in [0.1, 0.15) is 11.6 Å². The van der Waals surface area contributed by atoms with Crippen molar-refractivity contribution in [2.75, 3.05) is 5.32 Å². The van der Waals surface area contributed by atoms with Gasteiger partial charge >= 0.3 is 0 Å². The van der Waals surface area contributed by atoms with Crippen molar-refractivity contribution in [3.63, 3.8) is 0 Å².